The molecular weight excluding hydrogens is 349 g/mol. The molecule has 0 aromatic heterocycles. The van der Waals surface area contributed by atoms with Crippen LogP contribution in [0.5, 0.6) is 0 Å². The van der Waals surface area contributed by atoms with Gasteiger partial charge in [-0.3, -0.25) is 9.79 Å². The van der Waals surface area contributed by atoms with Crippen molar-refractivity contribution in [2.24, 2.45) is 10.9 Å². The van der Waals surface area contributed by atoms with Crippen molar-refractivity contribution < 1.29 is 9.53 Å². The molecule has 0 amide bonds. The molecule has 1 aliphatic rings. The number of aliphatic imine (C=N–C) groups is 1. The number of halogens is 2. The third kappa shape index (κ3) is 5.02. The van der Waals surface area contributed by atoms with E-state index >= 15 is 0 Å². The summed E-state index contributed by atoms with van der Waals surface area (Å²) < 4.78 is 5.10. The summed E-state index contributed by atoms with van der Waals surface area (Å²) in [6.07, 6.45) is 1.56. The van der Waals surface area contributed by atoms with Crippen molar-refractivity contribution >= 4 is 35.1 Å². The van der Waals surface area contributed by atoms with E-state index in [2.05, 4.69) is 15.2 Å². The van der Waals surface area contributed by atoms with Gasteiger partial charge >= 0.3 is 5.97 Å². The molecule has 24 heavy (non-hydrogen) atoms. The second-order valence-corrected chi connectivity index (χ2v) is 6.49. The van der Waals surface area contributed by atoms with E-state index in [0.717, 1.165) is 37.5 Å². The van der Waals surface area contributed by atoms with Crippen LogP contribution in [0.1, 0.15) is 25.3 Å². The Hall–Kier alpha value is -1.46. The molecule has 132 valence electrons. The maximum Gasteiger partial charge on any atom is 0.309 e. The fourth-order valence-corrected chi connectivity index (χ4v) is 3.23. The van der Waals surface area contributed by atoms with Crippen LogP contribution in [-0.4, -0.2) is 43.6 Å². The summed E-state index contributed by atoms with van der Waals surface area (Å²) in [7, 11) is 1.75. The second kappa shape index (κ2) is 9.14. The molecule has 0 bridgehead atoms. The van der Waals surface area contributed by atoms with E-state index in [1.807, 2.05) is 19.1 Å². The van der Waals surface area contributed by atoms with Gasteiger partial charge in [0.25, 0.3) is 0 Å². The third-order valence-electron chi connectivity index (χ3n) is 4.08. The van der Waals surface area contributed by atoms with E-state index < -0.39 is 0 Å². The summed E-state index contributed by atoms with van der Waals surface area (Å²) in [6.45, 7) is 4.39. The van der Waals surface area contributed by atoms with Crippen molar-refractivity contribution in [1.82, 2.24) is 10.2 Å². The predicted octanol–water partition coefficient (Wildman–Crippen LogP) is 3.34. The minimum Gasteiger partial charge on any atom is -0.466 e. The Morgan fingerprint density at radius 3 is 2.67 bits per heavy atom. The van der Waals surface area contributed by atoms with Crippen LogP contribution in [0, 0.1) is 5.92 Å². The van der Waals surface area contributed by atoms with E-state index in [9.17, 15) is 4.79 Å². The van der Waals surface area contributed by atoms with Crippen molar-refractivity contribution in [2.75, 3.05) is 26.7 Å². The molecule has 1 fully saturated rings. The lowest BCUT2D eigenvalue weighted by Crippen LogP contribution is -2.46. The van der Waals surface area contributed by atoms with E-state index in [0.29, 0.717) is 23.2 Å². The maximum absolute atomic E-state index is 11.8. The third-order valence-corrected chi connectivity index (χ3v) is 4.67. The smallest absolute Gasteiger partial charge is 0.309 e. The van der Waals surface area contributed by atoms with E-state index in [1.54, 1.807) is 13.1 Å². The van der Waals surface area contributed by atoms with Gasteiger partial charge in [-0.1, -0.05) is 29.3 Å². The molecule has 1 heterocycles. The first-order chi connectivity index (χ1) is 11.5. The summed E-state index contributed by atoms with van der Waals surface area (Å²) in [6, 6.07) is 5.45. The van der Waals surface area contributed by atoms with Gasteiger partial charge in [0.05, 0.1) is 12.5 Å². The summed E-state index contributed by atoms with van der Waals surface area (Å²) in [5.74, 6) is 0.710. The number of likely N-dealkylation sites (tertiary alicyclic amines) is 1. The van der Waals surface area contributed by atoms with E-state index in [-0.39, 0.29) is 11.9 Å². The molecule has 1 aromatic rings. The zero-order valence-corrected chi connectivity index (χ0v) is 15.5. The molecule has 0 spiro atoms. The number of carbonyl (C=O) groups excluding carboxylic acids is 1. The van der Waals surface area contributed by atoms with Gasteiger partial charge < -0.3 is 15.0 Å². The SMILES string of the molecule is CCOC(=O)C1CCN(C(=NC)NCc2ccc(Cl)cc2Cl)CC1. The molecule has 2 rings (SSSR count). The van der Waals surface area contributed by atoms with Gasteiger partial charge in [0, 0.05) is 36.7 Å². The Morgan fingerprint density at radius 1 is 1.38 bits per heavy atom. The standard InChI is InChI=1S/C17H23Cl2N3O2/c1-3-24-16(23)12-6-8-22(9-7-12)17(20-2)21-11-13-4-5-14(18)10-15(13)19/h4-5,10,12H,3,6-9,11H2,1-2H3,(H,20,21). The molecule has 0 saturated carbocycles. The lowest BCUT2D eigenvalue weighted by Gasteiger charge is -2.33. The molecule has 0 aliphatic carbocycles. The Morgan fingerprint density at radius 2 is 2.08 bits per heavy atom. The maximum atomic E-state index is 11.8. The summed E-state index contributed by atoms with van der Waals surface area (Å²) in [5.41, 5.74) is 0.962. The Labute approximate surface area is 153 Å². The molecule has 1 aliphatic heterocycles. The van der Waals surface area contributed by atoms with Crippen LogP contribution in [0.4, 0.5) is 0 Å². The first kappa shape index (κ1) is 18.9. The number of hydrogen-bond acceptors (Lipinski definition) is 3. The highest BCUT2D eigenvalue weighted by molar-refractivity contribution is 6.35. The highest BCUT2D eigenvalue weighted by Crippen LogP contribution is 2.21. The topological polar surface area (TPSA) is 53.9 Å². The normalized spacial score (nSPS) is 16.2. The minimum absolute atomic E-state index is 0.00924. The van der Waals surface area contributed by atoms with Gasteiger partial charge in [0.2, 0.25) is 0 Å². The van der Waals surface area contributed by atoms with Gasteiger partial charge in [-0.2, -0.15) is 0 Å². The monoisotopic (exact) mass is 371 g/mol. The van der Waals surface area contributed by atoms with Crippen LogP contribution in [0.3, 0.4) is 0 Å². The number of nitrogens with zero attached hydrogens (tertiary/aromatic N) is 2. The fourth-order valence-electron chi connectivity index (χ4n) is 2.76. The second-order valence-electron chi connectivity index (χ2n) is 5.65. The van der Waals surface area contributed by atoms with Gasteiger partial charge in [0.1, 0.15) is 0 Å². The minimum atomic E-state index is -0.0898. The van der Waals surface area contributed by atoms with Crippen LogP contribution >= 0.6 is 23.2 Å². The average molecular weight is 372 g/mol. The number of benzene rings is 1. The molecule has 1 aromatic carbocycles. The average Bonchev–Trinajstić information content (AvgIpc) is 2.58. The number of ether oxygens (including phenoxy) is 1. The molecule has 0 unspecified atom stereocenters. The summed E-state index contributed by atoms with van der Waals surface area (Å²) in [5, 5.41) is 4.57. The molecule has 1 saturated heterocycles. The van der Waals surface area contributed by atoms with Crippen molar-refractivity contribution in [3.8, 4) is 0 Å². The molecule has 0 radical (unpaired) electrons. The number of hydrogen-bond donors (Lipinski definition) is 1. The Bertz CT molecular complexity index is 599. The van der Waals surface area contributed by atoms with Crippen LogP contribution in [0.25, 0.3) is 0 Å². The molecule has 0 atom stereocenters. The van der Waals surface area contributed by atoms with Crippen molar-refractivity contribution in [3.63, 3.8) is 0 Å². The van der Waals surface area contributed by atoms with Gasteiger partial charge in [-0.25, -0.2) is 0 Å². The number of rotatable bonds is 4. The van der Waals surface area contributed by atoms with Crippen molar-refractivity contribution in [1.29, 1.82) is 0 Å². The first-order valence-corrected chi connectivity index (χ1v) is 8.87. The van der Waals surface area contributed by atoms with Gasteiger partial charge in [-0.15, -0.1) is 0 Å². The fraction of sp³-hybridized carbons (Fsp3) is 0.529. The quantitative estimate of drug-likeness (QED) is 0.500. The predicted molar refractivity (Wildman–Crippen MR) is 97.6 cm³/mol. The molecule has 5 nitrogen and oxygen atoms in total. The summed E-state index contributed by atoms with van der Waals surface area (Å²) in [4.78, 5) is 18.3. The molecule has 7 heteroatoms. The number of esters is 1. The zero-order chi connectivity index (χ0) is 17.5. The van der Waals surface area contributed by atoms with Gasteiger partial charge in [-0.05, 0) is 37.5 Å². The summed E-state index contributed by atoms with van der Waals surface area (Å²) >= 11 is 12.1. The van der Waals surface area contributed by atoms with Crippen molar-refractivity contribution in [3.05, 3.63) is 33.8 Å². The van der Waals surface area contributed by atoms with Crippen LogP contribution < -0.4 is 5.32 Å². The van der Waals surface area contributed by atoms with Crippen LogP contribution in [0.2, 0.25) is 10.0 Å². The van der Waals surface area contributed by atoms with E-state index in [1.165, 1.54) is 0 Å². The van der Waals surface area contributed by atoms with E-state index in [4.69, 9.17) is 27.9 Å². The van der Waals surface area contributed by atoms with Crippen LogP contribution in [0.15, 0.2) is 23.2 Å². The lowest BCUT2D eigenvalue weighted by molar-refractivity contribution is -0.149. The highest BCUT2D eigenvalue weighted by atomic mass is 35.5. The number of piperidine rings is 1. The molecule has 1 N–H and O–H groups in total. The highest BCUT2D eigenvalue weighted by Gasteiger charge is 2.27. The number of carbonyl (C=O) groups is 1. The Balaban J connectivity index is 1.88. The van der Waals surface area contributed by atoms with Crippen LogP contribution in [-0.2, 0) is 16.1 Å². The lowest BCUT2D eigenvalue weighted by atomic mass is 9.97. The number of guanidine groups is 1. The number of nitrogens with one attached hydrogen (secondary N) is 1. The van der Waals surface area contributed by atoms with Crippen molar-refractivity contribution in [2.45, 2.75) is 26.3 Å². The Kier molecular flexibility index (Phi) is 7.18. The first-order valence-electron chi connectivity index (χ1n) is 8.11. The zero-order valence-electron chi connectivity index (χ0n) is 14.0. The van der Waals surface area contributed by atoms with Gasteiger partial charge in [0.15, 0.2) is 5.96 Å². The molecular formula is C17H23Cl2N3O2. The largest absolute Gasteiger partial charge is 0.466 e.